The smallest absolute Gasteiger partial charge is 0.277 e. The van der Waals surface area contributed by atoms with Crippen LogP contribution in [-0.2, 0) is 12.0 Å². The lowest BCUT2D eigenvalue weighted by Gasteiger charge is -2.30. The van der Waals surface area contributed by atoms with Gasteiger partial charge in [-0.25, -0.2) is 8.78 Å². The minimum atomic E-state index is -3.15. The van der Waals surface area contributed by atoms with Crippen LogP contribution in [0, 0.1) is 0 Å². The molecule has 1 aromatic rings. The third-order valence-electron chi connectivity index (χ3n) is 2.75. The van der Waals surface area contributed by atoms with Gasteiger partial charge < -0.3 is 5.11 Å². The number of aryl methyl sites for hydroxylation is 1. The molecule has 0 aliphatic heterocycles. The molecule has 0 aromatic heterocycles. The van der Waals surface area contributed by atoms with Crippen LogP contribution < -0.4 is 0 Å². The summed E-state index contributed by atoms with van der Waals surface area (Å²) in [6.45, 7) is 3.81. The summed E-state index contributed by atoms with van der Waals surface area (Å²) in [5, 5.41) is 9.79. The van der Waals surface area contributed by atoms with E-state index in [0.717, 1.165) is 25.8 Å². The highest BCUT2D eigenvalue weighted by Gasteiger charge is 2.45. The van der Waals surface area contributed by atoms with E-state index in [-0.39, 0.29) is 5.56 Å². The van der Waals surface area contributed by atoms with Crippen molar-refractivity contribution in [1.82, 2.24) is 0 Å². The zero-order valence-corrected chi connectivity index (χ0v) is 9.22. The molecule has 0 radical (unpaired) electrons. The zero-order chi connectivity index (χ0) is 11.7. The van der Waals surface area contributed by atoms with Gasteiger partial charge in [0.25, 0.3) is 5.92 Å². The summed E-state index contributed by atoms with van der Waals surface area (Å²) in [7, 11) is 0. The number of hydrogen-bond donors (Lipinski definition) is 1. The van der Waals surface area contributed by atoms with Gasteiger partial charge in [-0.3, -0.25) is 0 Å². The van der Waals surface area contributed by atoms with Gasteiger partial charge >= 0.3 is 0 Å². The highest BCUT2D eigenvalue weighted by molar-refractivity contribution is 5.29. The molecule has 0 aliphatic carbocycles. The number of aliphatic hydroxyl groups is 1. The van der Waals surface area contributed by atoms with E-state index < -0.39 is 11.5 Å². The van der Waals surface area contributed by atoms with Crippen LogP contribution in [0.25, 0.3) is 0 Å². The summed E-state index contributed by atoms with van der Waals surface area (Å²) in [5.41, 5.74) is -0.913. The second-order valence-electron chi connectivity index (χ2n) is 4.01. The van der Waals surface area contributed by atoms with Gasteiger partial charge in [-0.05, 0) is 24.5 Å². The van der Waals surface area contributed by atoms with E-state index in [1.165, 1.54) is 6.07 Å². The molecule has 0 heterocycles. The van der Waals surface area contributed by atoms with Crippen LogP contribution in [0.1, 0.15) is 31.9 Å². The van der Waals surface area contributed by atoms with Crippen molar-refractivity contribution in [3.8, 4) is 0 Å². The van der Waals surface area contributed by atoms with Crippen molar-refractivity contribution < 1.29 is 13.9 Å². The lowest BCUT2D eigenvalue weighted by atomic mass is 9.89. The van der Waals surface area contributed by atoms with E-state index in [4.69, 9.17) is 0 Å². The van der Waals surface area contributed by atoms with E-state index in [1.807, 2.05) is 13.0 Å². The van der Waals surface area contributed by atoms with Gasteiger partial charge in [-0.15, -0.1) is 0 Å². The van der Waals surface area contributed by atoms with E-state index in [1.54, 1.807) is 12.1 Å². The normalized spacial score (nSPS) is 16.1. The predicted octanol–water partition coefficient (Wildman–Crippen LogP) is 3.11. The third-order valence-corrected chi connectivity index (χ3v) is 2.75. The van der Waals surface area contributed by atoms with Crippen LogP contribution >= 0.6 is 0 Å². The van der Waals surface area contributed by atoms with Crippen molar-refractivity contribution in [3.63, 3.8) is 0 Å². The van der Waals surface area contributed by atoms with Crippen LogP contribution in [0.5, 0.6) is 0 Å². The highest BCUT2D eigenvalue weighted by Crippen LogP contribution is 2.36. The van der Waals surface area contributed by atoms with E-state index >= 15 is 0 Å². The second kappa shape index (κ2) is 3.89. The van der Waals surface area contributed by atoms with Crippen molar-refractivity contribution in [3.05, 3.63) is 35.4 Å². The molecule has 1 nitrogen and oxygen atoms in total. The third kappa shape index (κ3) is 2.34. The van der Waals surface area contributed by atoms with Crippen LogP contribution in [0.3, 0.4) is 0 Å². The van der Waals surface area contributed by atoms with Gasteiger partial charge in [-0.1, -0.05) is 31.2 Å². The first-order valence-corrected chi connectivity index (χ1v) is 4.98. The molecule has 0 aliphatic rings. The largest absolute Gasteiger partial charge is 0.379 e. The maximum Gasteiger partial charge on any atom is 0.277 e. The quantitative estimate of drug-likeness (QED) is 0.819. The van der Waals surface area contributed by atoms with Gasteiger partial charge in [0, 0.05) is 6.92 Å². The summed E-state index contributed by atoms with van der Waals surface area (Å²) in [6.07, 6.45) is 0.763. The highest BCUT2D eigenvalue weighted by atomic mass is 19.3. The molecule has 0 spiro atoms. The Morgan fingerprint density at radius 1 is 1.27 bits per heavy atom. The summed E-state index contributed by atoms with van der Waals surface area (Å²) in [6, 6.07) is 6.69. The Morgan fingerprint density at radius 3 is 2.33 bits per heavy atom. The topological polar surface area (TPSA) is 20.2 Å². The number of alkyl halides is 2. The molecule has 15 heavy (non-hydrogen) atoms. The van der Waals surface area contributed by atoms with Crippen molar-refractivity contribution in [2.45, 2.75) is 38.7 Å². The predicted molar refractivity (Wildman–Crippen MR) is 56.0 cm³/mol. The van der Waals surface area contributed by atoms with Crippen LogP contribution in [-0.4, -0.2) is 11.0 Å². The maximum absolute atomic E-state index is 13.2. The van der Waals surface area contributed by atoms with Crippen LogP contribution in [0.15, 0.2) is 24.3 Å². The lowest BCUT2D eigenvalue weighted by molar-refractivity contribution is -0.165. The molecule has 0 saturated heterocycles. The first kappa shape index (κ1) is 12.1. The molecule has 3 heteroatoms. The molecule has 0 amide bonds. The Balaban J connectivity index is 3.15. The van der Waals surface area contributed by atoms with Gasteiger partial charge in [0.15, 0.2) is 0 Å². The molecular weight excluding hydrogens is 198 g/mol. The summed E-state index contributed by atoms with van der Waals surface area (Å²) >= 11 is 0. The Morgan fingerprint density at radius 2 is 1.87 bits per heavy atom. The molecular formula is C12H16F2O. The first-order chi connectivity index (χ1) is 6.79. The number of rotatable bonds is 3. The number of halogens is 2. The molecule has 84 valence electrons. The van der Waals surface area contributed by atoms with Crippen molar-refractivity contribution in [1.29, 1.82) is 0 Å². The lowest BCUT2D eigenvalue weighted by Crippen LogP contribution is -2.40. The fourth-order valence-electron chi connectivity index (χ4n) is 1.35. The Kier molecular flexibility index (Phi) is 3.14. The zero-order valence-electron chi connectivity index (χ0n) is 9.22. The second-order valence-corrected chi connectivity index (χ2v) is 4.01. The Bertz CT molecular complexity index is 340. The monoisotopic (exact) mass is 214 g/mol. The van der Waals surface area contributed by atoms with E-state index in [2.05, 4.69) is 0 Å². The van der Waals surface area contributed by atoms with Gasteiger partial charge in [0.05, 0.1) is 0 Å². The van der Waals surface area contributed by atoms with Crippen LogP contribution in [0.2, 0.25) is 0 Å². The summed E-state index contributed by atoms with van der Waals surface area (Å²) in [4.78, 5) is 0. The average molecular weight is 214 g/mol. The molecule has 0 saturated carbocycles. The van der Waals surface area contributed by atoms with Crippen LogP contribution in [0.4, 0.5) is 8.78 Å². The minimum Gasteiger partial charge on any atom is -0.379 e. The molecule has 0 fully saturated rings. The van der Waals surface area contributed by atoms with E-state index in [0.29, 0.717) is 0 Å². The Labute approximate surface area is 88.7 Å². The van der Waals surface area contributed by atoms with Gasteiger partial charge in [0.2, 0.25) is 0 Å². The standard InChI is InChI=1S/C12H16F2O/c1-4-9-6-5-7-10(8-9)11(2,15)12(3,13)14/h5-8,15H,4H2,1-3H3. The van der Waals surface area contributed by atoms with Crippen molar-refractivity contribution >= 4 is 0 Å². The minimum absolute atomic E-state index is 0.259. The van der Waals surface area contributed by atoms with E-state index in [9.17, 15) is 13.9 Å². The fraction of sp³-hybridized carbons (Fsp3) is 0.500. The van der Waals surface area contributed by atoms with Gasteiger partial charge in [-0.2, -0.15) is 0 Å². The Hall–Kier alpha value is -0.960. The van der Waals surface area contributed by atoms with Gasteiger partial charge in [0.1, 0.15) is 5.60 Å². The number of benzene rings is 1. The fourth-order valence-corrected chi connectivity index (χ4v) is 1.35. The van der Waals surface area contributed by atoms with Crippen molar-refractivity contribution in [2.24, 2.45) is 0 Å². The first-order valence-electron chi connectivity index (χ1n) is 4.98. The van der Waals surface area contributed by atoms with Crippen molar-refractivity contribution in [2.75, 3.05) is 0 Å². The molecule has 1 aromatic carbocycles. The SMILES string of the molecule is CCc1cccc(C(C)(O)C(C)(F)F)c1. The summed E-state index contributed by atoms with van der Waals surface area (Å²) < 4.78 is 26.3. The average Bonchev–Trinajstić information content (AvgIpc) is 2.16. The molecule has 1 atom stereocenters. The molecule has 0 bridgehead atoms. The molecule has 1 unspecified atom stereocenters. The molecule has 1 rings (SSSR count). The summed E-state index contributed by atoms with van der Waals surface area (Å²) in [5.74, 6) is -3.15. The number of hydrogen-bond acceptors (Lipinski definition) is 1. The maximum atomic E-state index is 13.2. The molecule has 1 N–H and O–H groups in total.